The van der Waals surface area contributed by atoms with Crippen molar-refractivity contribution in [3.63, 3.8) is 0 Å². The van der Waals surface area contributed by atoms with Crippen LogP contribution in [0.4, 0.5) is 17.1 Å². The van der Waals surface area contributed by atoms with E-state index in [1.54, 1.807) is 4.90 Å². The van der Waals surface area contributed by atoms with Crippen molar-refractivity contribution in [1.82, 2.24) is 0 Å². The van der Waals surface area contributed by atoms with Gasteiger partial charge in [-0.2, -0.15) is 0 Å². The van der Waals surface area contributed by atoms with Gasteiger partial charge in [-0.1, -0.05) is 0 Å². The lowest BCUT2D eigenvalue weighted by Crippen LogP contribution is -2.05. The molecule has 0 amide bonds. The molecule has 0 radical (unpaired) electrons. The van der Waals surface area contributed by atoms with Gasteiger partial charge in [0, 0.05) is 13.1 Å². The highest BCUT2D eigenvalue weighted by Gasteiger charge is 2.32. The van der Waals surface area contributed by atoms with Crippen molar-refractivity contribution in [3.8, 4) is 0 Å². The molecule has 0 aliphatic carbocycles. The Bertz CT molecular complexity index is 565. The number of benzene rings is 1. The summed E-state index contributed by atoms with van der Waals surface area (Å²) in [6.45, 7) is 2.49. The number of carbonyl (C=O) groups is 1. The lowest BCUT2D eigenvalue weighted by molar-refractivity contribution is -0.393. The van der Waals surface area contributed by atoms with Crippen molar-refractivity contribution >= 4 is 22.8 Å². The zero-order chi connectivity index (χ0) is 13.4. The van der Waals surface area contributed by atoms with E-state index in [1.165, 1.54) is 13.0 Å². The standard InChI is InChI=1S/C10H9N3O5/c1-6(14)7-4-9(11-2-3-11)10(13(17)18)5-8(7)12(15)16/h4-5H,2-3H2,1H3. The van der Waals surface area contributed by atoms with Crippen LogP contribution in [0.25, 0.3) is 0 Å². The molecule has 0 N–H and O–H groups in total. The number of ketones is 1. The third kappa shape index (κ3) is 1.99. The van der Waals surface area contributed by atoms with E-state index in [9.17, 15) is 25.0 Å². The lowest BCUT2D eigenvalue weighted by Gasteiger charge is -2.06. The SMILES string of the molecule is CC(=O)c1cc(N2CC2)c([N+](=O)[O-])cc1[N+](=O)[O-]. The van der Waals surface area contributed by atoms with Gasteiger partial charge in [0.05, 0.1) is 21.5 Å². The molecule has 0 atom stereocenters. The van der Waals surface area contributed by atoms with Gasteiger partial charge >= 0.3 is 0 Å². The molecular weight excluding hydrogens is 242 g/mol. The zero-order valence-electron chi connectivity index (χ0n) is 9.45. The number of nitro groups is 2. The Morgan fingerprint density at radius 2 is 1.72 bits per heavy atom. The van der Waals surface area contributed by atoms with Gasteiger partial charge in [0.2, 0.25) is 0 Å². The van der Waals surface area contributed by atoms with Crippen LogP contribution in [0.2, 0.25) is 0 Å². The maximum atomic E-state index is 11.4. The minimum Gasteiger partial charge on any atom is -0.362 e. The van der Waals surface area contributed by atoms with Gasteiger partial charge in [0.1, 0.15) is 5.69 Å². The molecule has 1 aliphatic rings. The molecular formula is C10H9N3O5. The van der Waals surface area contributed by atoms with Crippen LogP contribution in [0.5, 0.6) is 0 Å². The topological polar surface area (TPSA) is 106 Å². The van der Waals surface area contributed by atoms with Gasteiger partial charge in [-0.3, -0.25) is 25.0 Å². The van der Waals surface area contributed by atoms with Crippen LogP contribution in [-0.4, -0.2) is 28.7 Å². The van der Waals surface area contributed by atoms with Crippen LogP contribution >= 0.6 is 0 Å². The van der Waals surface area contributed by atoms with Crippen molar-refractivity contribution < 1.29 is 14.6 Å². The third-order valence-electron chi connectivity index (χ3n) is 2.65. The Labute approximate surface area is 101 Å². The second-order valence-electron chi connectivity index (χ2n) is 3.92. The molecule has 1 aromatic rings. The predicted molar refractivity (Wildman–Crippen MR) is 62.0 cm³/mol. The molecule has 0 unspecified atom stereocenters. The van der Waals surface area contributed by atoms with E-state index in [4.69, 9.17) is 0 Å². The second-order valence-corrected chi connectivity index (χ2v) is 3.92. The van der Waals surface area contributed by atoms with Crippen molar-refractivity contribution in [1.29, 1.82) is 0 Å². The summed E-state index contributed by atoms with van der Waals surface area (Å²) < 4.78 is 0. The average Bonchev–Trinajstić information content (AvgIpc) is 3.10. The van der Waals surface area contributed by atoms with Crippen molar-refractivity contribution in [3.05, 3.63) is 37.9 Å². The van der Waals surface area contributed by atoms with E-state index >= 15 is 0 Å². The number of anilines is 1. The minimum absolute atomic E-state index is 0.104. The maximum Gasteiger partial charge on any atom is 0.299 e. The molecule has 94 valence electrons. The van der Waals surface area contributed by atoms with Crippen LogP contribution in [0.3, 0.4) is 0 Å². The molecule has 18 heavy (non-hydrogen) atoms. The third-order valence-corrected chi connectivity index (χ3v) is 2.65. The van der Waals surface area contributed by atoms with Gasteiger partial charge in [-0.05, 0) is 13.0 Å². The first-order valence-electron chi connectivity index (χ1n) is 5.14. The van der Waals surface area contributed by atoms with Crippen LogP contribution in [-0.2, 0) is 0 Å². The Hall–Kier alpha value is -2.51. The predicted octanol–water partition coefficient (Wildman–Crippen LogP) is 1.53. The van der Waals surface area contributed by atoms with Gasteiger partial charge in [-0.25, -0.2) is 0 Å². The van der Waals surface area contributed by atoms with E-state index in [0.717, 1.165) is 6.07 Å². The summed E-state index contributed by atoms with van der Waals surface area (Å²) in [5, 5.41) is 21.7. The largest absolute Gasteiger partial charge is 0.362 e. The molecule has 1 saturated heterocycles. The minimum atomic E-state index is -0.782. The number of hydrogen-bond donors (Lipinski definition) is 0. The Kier molecular flexibility index (Phi) is 2.70. The van der Waals surface area contributed by atoms with Gasteiger partial charge < -0.3 is 4.90 Å². The number of nitro benzene ring substituents is 2. The highest BCUT2D eigenvalue weighted by molar-refractivity contribution is 6.00. The number of Topliss-reactive ketones (excluding diaryl/α,β-unsaturated/α-hetero) is 1. The summed E-state index contributed by atoms with van der Waals surface area (Å²) in [5.41, 5.74) is -0.715. The molecule has 2 rings (SSSR count). The highest BCUT2D eigenvalue weighted by Crippen LogP contribution is 2.37. The quantitative estimate of drug-likeness (QED) is 0.347. The summed E-state index contributed by atoms with van der Waals surface area (Å²) >= 11 is 0. The normalized spacial score (nSPS) is 13.3. The number of rotatable bonds is 4. The van der Waals surface area contributed by atoms with Crippen molar-refractivity contribution in [2.45, 2.75) is 6.92 Å². The summed E-state index contributed by atoms with van der Waals surface area (Å²) in [6.07, 6.45) is 0. The Balaban J connectivity index is 2.67. The fourth-order valence-corrected chi connectivity index (χ4v) is 1.69. The molecule has 8 heteroatoms. The van der Waals surface area contributed by atoms with Crippen LogP contribution in [0.15, 0.2) is 12.1 Å². The number of carbonyl (C=O) groups excluding carboxylic acids is 1. The van der Waals surface area contributed by atoms with E-state index < -0.39 is 21.3 Å². The van der Waals surface area contributed by atoms with Crippen LogP contribution in [0.1, 0.15) is 17.3 Å². The molecule has 0 aromatic heterocycles. The van der Waals surface area contributed by atoms with Gasteiger partial charge in [-0.15, -0.1) is 0 Å². The zero-order valence-corrected chi connectivity index (χ0v) is 9.45. The van der Waals surface area contributed by atoms with Crippen molar-refractivity contribution in [2.75, 3.05) is 18.0 Å². The van der Waals surface area contributed by atoms with Gasteiger partial charge in [0.25, 0.3) is 11.4 Å². The summed E-state index contributed by atoms with van der Waals surface area (Å²) in [5.74, 6) is -0.486. The molecule has 0 saturated carbocycles. The summed E-state index contributed by atoms with van der Waals surface area (Å²) in [6, 6.07) is 2.08. The molecule has 1 aromatic carbocycles. The molecule has 8 nitrogen and oxygen atoms in total. The first-order valence-corrected chi connectivity index (χ1v) is 5.14. The second kappa shape index (κ2) is 4.06. The highest BCUT2D eigenvalue weighted by atomic mass is 16.6. The first kappa shape index (κ1) is 12.0. The van der Waals surface area contributed by atoms with Crippen LogP contribution in [0, 0.1) is 20.2 Å². The van der Waals surface area contributed by atoms with E-state index in [1.807, 2.05) is 0 Å². The average molecular weight is 251 g/mol. The lowest BCUT2D eigenvalue weighted by atomic mass is 10.1. The molecule has 0 bridgehead atoms. The molecule has 1 heterocycles. The Morgan fingerprint density at radius 1 is 1.17 bits per heavy atom. The van der Waals surface area contributed by atoms with Crippen molar-refractivity contribution in [2.24, 2.45) is 0 Å². The fourth-order valence-electron chi connectivity index (χ4n) is 1.69. The van der Waals surface area contributed by atoms with E-state index in [0.29, 0.717) is 13.1 Å². The molecule has 0 spiro atoms. The van der Waals surface area contributed by atoms with E-state index in [-0.39, 0.29) is 16.9 Å². The smallest absolute Gasteiger partial charge is 0.299 e. The number of nitrogens with zero attached hydrogens (tertiary/aromatic N) is 3. The maximum absolute atomic E-state index is 11.4. The summed E-state index contributed by atoms with van der Waals surface area (Å²) in [4.78, 5) is 33.3. The fraction of sp³-hybridized carbons (Fsp3) is 0.300. The van der Waals surface area contributed by atoms with E-state index in [2.05, 4.69) is 0 Å². The molecule has 1 aliphatic heterocycles. The summed E-state index contributed by atoms with van der Waals surface area (Å²) in [7, 11) is 0. The van der Waals surface area contributed by atoms with Crippen LogP contribution < -0.4 is 4.90 Å². The molecule has 1 fully saturated rings. The van der Waals surface area contributed by atoms with Gasteiger partial charge in [0.15, 0.2) is 5.78 Å². The first-order chi connectivity index (χ1) is 8.41. The monoisotopic (exact) mass is 251 g/mol. The Morgan fingerprint density at radius 3 is 2.11 bits per heavy atom. The number of hydrogen-bond acceptors (Lipinski definition) is 6.